The molecular weight excluding hydrogens is 338 g/mol. The molecule has 0 saturated carbocycles. The van der Waals surface area contributed by atoms with Gasteiger partial charge in [0.05, 0.1) is 11.6 Å². The van der Waals surface area contributed by atoms with Gasteiger partial charge in [-0.1, -0.05) is 60.1 Å². The van der Waals surface area contributed by atoms with Crippen molar-refractivity contribution in [2.45, 2.75) is 6.61 Å². The lowest BCUT2D eigenvalue weighted by atomic mass is 10.1. The predicted octanol–water partition coefficient (Wildman–Crippen LogP) is 3.55. The van der Waals surface area contributed by atoms with Crippen LogP contribution in [-0.2, 0) is 13.7 Å². The summed E-state index contributed by atoms with van der Waals surface area (Å²) in [6.45, 7) is 0.0606. The quantitative estimate of drug-likeness (QED) is 0.674. The van der Waals surface area contributed by atoms with Gasteiger partial charge in [0.2, 0.25) is 5.75 Å². The van der Waals surface area contributed by atoms with Crippen LogP contribution in [-0.4, -0.2) is 9.55 Å². The molecule has 1 aromatic heterocycles. The van der Waals surface area contributed by atoms with Crippen LogP contribution in [0.2, 0.25) is 5.15 Å². The second kappa shape index (κ2) is 7.20. The number of rotatable bonds is 4. The van der Waals surface area contributed by atoms with Crippen molar-refractivity contribution in [1.82, 2.24) is 9.55 Å². The van der Waals surface area contributed by atoms with E-state index in [2.05, 4.69) is 11.1 Å². The fourth-order valence-electron chi connectivity index (χ4n) is 2.43. The number of nitrogens with zero attached hydrogens (tertiary/aromatic N) is 3. The molecule has 0 amide bonds. The van der Waals surface area contributed by atoms with Crippen molar-refractivity contribution in [2.24, 2.45) is 7.05 Å². The van der Waals surface area contributed by atoms with Gasteiger partial charge >= 0.3 is 0 Å². The zero-order chi connectivity index (χ0) is 17.8. The van der Waals surface area contributed by atoms with Crippen LogP contribution >= 0.6 is 11.6 Å². The molecule has 0 atom stereocenters. The van der Waals surface area contributed by atoms with Crippen LogP contribution in [0, 0.1) is 11.3 Å². The number of benzene rings is 2. The lowest BCUT2D eigenvalue weighted by Crippen LogP contribution is -2.22. The van der Waals surface area contributed by atoms with Crippen LogP contribution in [0.15, 0.2) is 59.4 Å². The standard InChI is InChI=1S/C19H14ClN3O2/c1-23-18(13-7-3-2-4-8-13)22-17(20)16(19(23)24)25-12-15-10-6-5-9-14(15)11-21/h2-10H,12H2,1H3. The smallest absolute Gasteiger partial charge is 0.297 e. The highest BCUT2D eigenvalue weighted by Crippen LogP contribution is 2.23. The van der Waals surface area contributed by atoms with Crippen LogP contribution in [0.1, 0.15) is 11.1 Å². The molecule has 0 aliphatic heterocycles. The molecule has 0 N–H and O–H groups in total. The lowest BCUT2D eigenvalue weighted by Gasteiger charge is -2.12. The Bertz CT molecular complexity index is 1010. The van der Waals surface area contributed by atoms with Crippen molar-refractivity contribution >= 4 is 11.6 Å². The van der Waals surface area contributed by atoms with E-state index in [-0.39, 0.29) is 23.1 Å². The number of ether oxygens (including phenoxy) is 1. The van der Waals surface area contributed by atoms with Crippen molar-refractivity contribution in [2.75, 3.05) is 0 Å². The molecular formula is C19H14ClN3O2. The first kappa shape index (κ1) is 16.7. The van der Waals surface area contributed by atoms with E-state index in [1.54, 1.807) is 31.3 Å². The normalized spacial score (nSPS) is 10.3. The summed E-state index contributed by atoms with van der Waals surface area (Å²) in [6, 6.07) is 18.4. The molecule has 124 valence electrons. The Morgan fingerprint density at radius 3 is 2.56 bits per heavy atom. The molecule has 25 heavy (non-hydrogen) atoms. The van der Waals surface area contributed by atoms with E-state index >= 15 is 0 Å². The largest absolute Gasteiger partial charge is 0.481 e. The summed E-state index contributed by atoms with van der Waals surface area (Å²) in [5.74, 6) is 0.428. The first-order valence-electron chi connectivity index (χ1n) is 7.54. The Labute approximate surface area is 149 Å². The minimum absolute atomic E-state index is 0.00334. The van der Waals surface area contributed by atoms with Gasteiger partial charge in [-0.25, -0.2) is 4.98 Å². The minimum Gasteiger partial charge on any atom is -0.481 e. The van der Waals surface area contributed by atoms with Crippen LogP contribution in [0.4, 0.5) is 0 Å². The Kier molecular flexibility index (Phi) is 4.82. The minimum atomic E-state index is -0.381. The van der Waals surface area contributed by atoms with Gasteiger partial charge in [0.25, 0.3) is 5.56 Å². The number of aromatic nitrogens is 2. The second-order valence-corrected chi connectivity index (χ2v) is 5.70. The predicted molar refractivity (Wildman–Crippen MR) is 95.4 cm³/mol. The molecule has 0 aliphatic carbocycles. The van der Waals surface area contributed by atoms with Gasteiger partial charge < -0.3 is 4.74 Å². The molecule has 3 rings (SSSR count). The van der Waals surface area contributed by atoms with Crippen LogP contribution < -0.4 is 10.3 Å². The van der Waals surface area contributed by atoms with E-state index in [1.807, 2.05) is 30.3 Å². The molecule has 0 spiro atoms. The topological polar surface area (TPSA) is 67.9 Å². The van der Waals surface area contributed by atoms with Crippen molar-refractivity contribution in [3.05, 3.63) is 81.2 Å². The van der Waals surface area contributed by atoms with Gasteiger partial charge in [0.15, 0.2) is 5.15 Å². The summed E-state index contributed by atoms with van der Waals surface area (Å²) in [5.41, 5.74) is 1.57. The first-order valence-corrected chi connectivity index (χ1v) is 7.92. The average Bonchev–Trinajstić information content (AvgIpc) is 2.65. The molecule has 6 heteroatoms. The highest BCUT2D eigenvalue weighted by molar-refractivity contribution is 6.30. The monoisotopic (exact) mass is 351 g/mol. The third kappa shape index (κ3) is 3.39. The molecule has 0 saturated heterocycles. The fourth-order valence-corrected chi connectivity index (χ4v) is 2.64. The molecule has 2 aromatic carbocycles. The van der Waals surface area contributed by atoms with E-state index in [0.29, 0.717) is 17.0 Å². The highest BCUT2D eigenvalue weighted by atomic mass is 35.5. The number of hydrogen-bond acceptors (Lipinski definition) is 4. The number of halogens is 1. The molecule has 0 unspecified atom stereocenters. The molecule has 0 aliphatic rings. The summed E-state index contributed by atoms with van der Waals surface area (Å²) in [5, 5.41) is 9.12. The molecule has 1 heterocycles. The van der Waals surface area contributed by atoms with Crippen molar-refractivity contribution in [3.63, 3.8) is 0 Å². The Hall–Kier alpha value is -3.10. The van der Waals surface area contributed by atoms with Gasteiger partial charge in [-0.2, -0.15) is 5.26 Å². The van der Waals surface area contributed by atoms with Gasteiger partial charge in [-0.3, -0.25) is 9.36 Å². The Morgan fingerprint density at radius 2 is 1.84 bits per heavy atom. The lowest BCUT2D eigenvalue weighted by molar-refractivity contribution is 0.298. The van der Waals surface area contributed by atoms with Gasteiger partial charge in [-0.15, -0.1) is 0 Å². The van der Waals surface area contributed by atoms with E-state index in [0.717, 1.165) is 5.56 Å². The van der Waals surface area contributed by atoms with Gasteiger partial charge in [0, 0.05) is 18.2 Å². The maximum Gasteiger partial charge on any atom is 0.297 e. The molecule has 3 aromatic rings. The Balaban J connectivity index is 1.95. The van der Waals surface area contributed by atoms with Gasteiger partial charge in [0.1, 0.15) is 12.4 Å². The summed E-state index contributed by atoms with van der Waals surface area (Å²) in [4.78, 5) is 16.9. The molecule has 0 radical (unpaired) electrons. The van der Waals surface area contributed by atoms with Crippen molar-refractivity contribution in [1.29, 1.82) is 5.26 Å². The maximum absolute atomic E-state index is 12.6. The first-order chi connectivity index (χ1) is 12.1. The molecule has 0 fully saturated rings. The van der Waals surface area contributed by atoms with E-state index < -0.39 is 0 Å². The number of hydrogen-bond donors (Lipinski definition) is 0. The molecule has 0 bridgehead atoms. The SMILES string of the molecule is Cn1c(-c2ccccc2)nc(Cl)c(OCc2ccccc2C#N)c1=O. The summed E-state index contributed by atoms with van der Waals surface area (Å²) in [6.07, 6.45) is 0. The fraction of sp³-hybridized carbons (Fsp3) is 0.105. The average molecular weight is 352 g/mol. The summed E-state index contributed by atoms with van der Waals surface area (Å²) < 4.78 is 6.98. The van der Waals surface area contributed by atoms with E-state index in [4.69, 9.17) is 21.6 Å². The van der Waals surface area contributed by atoms with Crippen molar-refractivity contribution in [3.8, 4) is 23.2 Å². The highest BCUT2D eigenvalue weighted by Gasteiger charge is 2.16. The zero-order valence-electron chi connectivity index (χ0n) is 13.4. The number of nitriles is 1. The molecule has 5 nitrogen and oxygen atoms in total. The van der Waals surface area contributed by atoms with Crippen molar-refractivity contribution < 1.29 is 4.74 Å². The summed E-state index contributed by atoms with van der Waals surface area (Å²) >= 11 is 6.18. The third-order valence-corrected chi connectivity index (χ3v) is 4.01. The van der Waals surface area contributed by atoms with Crippen LogP contribution in [0.25, 0.3) is 11.4 Å². The van der Waals surface area contributed by atoms with Crippen LogP contribution in [0.5, 0.6) is 5.75 Å². The van der Waals surface area contributed by atoms with Crippen LogP contribution in [0.3, 0.4) is 0 Å². The zero-order valence-corrected chi connectivity index (χ0v) is 14.2. The van der Waals surface area contributed by atoms with E-state index in [9.17, 15) is 4.79 Å². The van der Waals surface area contributed by atoms with Gasteiger partial charge in [-0.05, 0) is 6.07 Å². The second-order valence-electron chi connectivity index (χ2n) is 5.34. The third-order valence-electron chi connectivity index (χ3n) is 3.75. The Morgan fingerprint density at radius 1 is 1.16 bits per heavy atom. The van der Waals surface area contributed by atoms with E-state index in [1.165, 1.54) is 4.57 Å². The maximum atomic E-state index is 12.6. The summed E-state index contributed by atoms with van der Waals surface area (Å²) in [7, 11) is 1.62.